The molecule has 1 saturated heterocycles. The van der Waals surface area contributed by atoms with Crippen LogP contribution in [0, 0.1) is 0 Å². The minimum absolute atomic E-state index is 0.0186. The fraction of sp³-hybridized carbons (Fsp3) is 0.600. The van der Waals surface area contributed by atoms with E-state index in [0.717, 1.165) is 32.2 Å². The van der Waals surface area contributed by atoms with E-state index in [1.165, 1.54) is 11.1 Å². The first-order valence-corrected chi connectivity index (χ1v) is 9.59. The second kappa shape index (κ2) is 10.2. The molecule has 26 heavy (non-hydrogen) atoms. The van der Waals surface area contributed by atoms with Gasteiger partial charge in [0, 0.05) is 25.7 Å². The normalized spacial score (nSPS) is 15.3. The largest absolute Gasteiger partial charge is 0.480 e. The van der Waals surface area contributed by atoms with Crippen LogP contribution in [-0.2, 0) is 17.6 Å². The van der Waals surface area contributed by atoms with E-state index in [1.54, 1.807) is 0 Å². The number of hydrogen-bond donors (Lipinski definition) is 2. The number of carbonyl (C=O) groups excluding carboxylic acids is 1. The molecule has 2 rings (SSSR count). The number of nitrogens with zero attached hydrogens (tertiary/aromatic N) is 2. The van der Waals surface area contributed by atoms with Crippen molar-refractivity contribution >= 4 is 12.0 Å². The Morgan fingerprint density at radius 2 is 1.77 bits per heavy atom. The molecule has 1 aliphatic rings. The van der Waals surface area contributed by atoms with Crippen LogP contribution < -0.4 is 5.32 Å². The predicted octanol–water partition coefficient (Wildman–Crippen LogP) is 2.37. The van der Waals surface area contributed by atoms with Gasteiger partial charge in [0.25, 0.3) is 0 Å². The maximum Gasteiger partial charge on any atom is 0.317 e. The fourth-order valence-corrected chi connectivity index (χ4v) is 3.47. The third-order valence-corrected chi connectivity index (χ3v) is 5.13. The summed E-state index contributed by atoms with van der Waals surface area (Å²) in [6.45, 7) is 6.90. The van der Waals surface area contributed by atoms with Crippen molar-refractivity contribution in [2.75, 3.05) is 32.7 Å². The highest BCUT2D eigenvalue weighted by molar-refractivity contribution is 5.74. The number of carboxylic acids is 1. The average molecular weight is 361 g/mol. The number of amides is 2. The summed E-state index contributed by atoms with van der Waals surface area (Å²) in [5, 5.41) is 12.0. The van der Waals surface area contributed by atoms with Gasteiger partial charge in [0.1, 0.15) is 0 Å². The van der Waals surface area contributed by atoms with Gasteiger partial charge in [-0.2, -0.15) is 0 Å². The van der Waals surface area contributed by atoms with E-state index in [2.05, 4.69) is 36.5 Å². The van der Waals surface area contributed by atoms with Crippen LogP contribution in [0.1, 0.15) is 37.8 Å². The number of aryl methyl sites for hydroxylation is 1. The summed E-state index contributed by atoms with van der Waals surface area (Å²) in [7, 11) is 0. The number of piperidine rings is 1. The summed E-state index contributed by atoms with van der Waals surface area (Å²) in [6, 6.07) is 8.75. The van der Waals surface area contributed by atoms with Gasteiger partial charge in [0.15, 0.2) is 0 Å². The standard InChI is InChI=1S/C20H31N3O3/c1-3-16-5-7-17(8-6-16)9-12-21-20(26)23-13-10-18(11-14-23)22(4-2)15-19(24)25/h5-8,18H,3-4,9-15H2,1-2H3,(H,21,26)(H,24,25). The van der Waals surface area contributed by atoms with Crippen molar-refractivity contribution in [1.82, 2.24) is 15.1 Å². The topological polar surface area (TPSA) is 72.9 Å². The zero-order valence-corrected chi connectivity index (χ0v) is 15.9. The summed E-state index contributed by atoms with van der Waals surface area (Å²) in [5.41, 5.74) is 2.55. The number of hydrogen-bond acceptors (Lipinski definition) is 3. The molecule has 0 aromatic heterocycles. The molecule has 0 bridgehead atoms. The Balaban J connectivity index is 1.71. The minimum atomic E-state index is -0.793. The first kappa shape index (κ1) is 20.2. The number of aliphatic carboxylic acids is 1. The van der Waals surface area contributed by atoms with Crippen molar-refractivity contribution < 1.29 is 14.7 Å². The van der Waals surface area contributed by atoms with Crippen LogP contribution in [0.5, 0.6) is 0 Å². The molecule has 6 heteroatoms. The highest BCUT2D eigenvalue weighted by atomic mass is 16.4. The molecular formula is C20H31N3O3. The number of nitrogens with one attached hydrogen (secondary N) is 1. The average Bonchev–Trinajstić information content (AvgIpc) is 2.66. The molecule has 0 unspecified atom stereocenters. The molecular weight excluding hydrogens is 330 g/mol. The zero-order valence-electron chi connectivity index (χ0n) is 15.9. The molecule has 0 atom stereocenters. The smallest absolute Gasteiger partial charge is 0.317 e. The van der Waals surface area contributed by atoms with Crippen molar-refractivity contribution in [2.24, 2.45) is 0 Å². The molecule has 1 heterocycles. The van der Waals surface area contributed by atoms with Gasteiger partial charge in [-0.15, -0.1) is 0 Å². The van der Waals surface area contributed by atoms with E-state index >= 15 is 0 Å². The molecule has 144 valence electrons. The van der Waals surface area contributed by atoms with E-state index in [0.29, 0.717) is 19.6 Å². The highest BCUT2D eigenvalue weighted by Gasteiger charge is 2.27. The second-order valence-corrected chi connectivity index (χ2v) is 6.83. The van der Waals surface area contributed by atoms with Gasteiger partial charge < -0.3 is 15.3 Å². The Morgan fingerprint density at radius 1 is 1.15 bits per heavy atom. The van der Waals surface area contributed by atoms with Crippen LogP contribution in [0.4, 0.5) is 4.79 Å². The van der Waals surface area contributed by atoms with Crippen LogP contribution in [0.3, 0.4) is 0 Å². The maximum absolute atomic E-state index is 12.3. The van der Waals surface area contributed by atoms with Crippen molar-refractivity contribution in [2.45, 2.75) is 45.6 Å². The van der Waals surface area contributed by atoms with E-state index < -0.39 is 5.97 Å². The Hall–Kier alpha value is -2.08. The van der Waals surface area contributed by atoms with Gasteiger partial charge in [-0.05, 0) is 43.4 Å². The number of rotatable bonds is 8. The molecule has 0 aliphatic carbocycles. The summed E-state index contributed by atoms with van der Waals surface area (Å²) >= 11 is 0. The van der Waals surface area contributed by atoms with Crippen molar-refractivity contribution in [3.05, 3.63) is 35.4 Å². The molecule has 6 nitrogen and oxygen atoms in total. The van der Waals surface area contributed by atoms with E-state index in [-0.39, 0.29) is 18.6 Å². The van der Waals surface area contributed by atoms with Crippen molar-refractivity contribution in [3.8, 4) is 0 Å². The summed E-state index contributed by atoms with van der Waals surface area (Å²) in [5.74, 6) is -0.793. The Kier molecular flexibility index (Phi) is 7.91. The molecule has 0 spiro atoms. The molecule has 0 radical (unpaired) electrons. The number of likely N-dealkylation sites (N-methyl/N-ethyl adjacent to an activating group) is 1. The number of benzene rings is 1. The molecule has 1 aromatic rings. The molecule has 2 N–H and O–H groups in total. The number of likely N-dealkylation sites (tertiary alicyclic amines) is 1. The van der Waals surface area contributed by atoms with Gasteiger partial charge in [-0.1, -0.05) is 38.1 Å². The molecule has 1 fully saturated rings. The Bertz CT molecular complexity index is 580. The lowest BCUT2D eigenvalue weighted by Gasteiger charge is -2.37. The van der Waals surface area contributed by atoms with Gasteiger partial charge in [-0.25, -0.2) is 4.79 Å². The maximum atomic E-state index is 12.3. The predicted molar refractivity (Wildman–Crippen MR) is 102 cm³/mol. The quantitative estimate of drug-likeness (QED) is 0.746. The van der Waals surface area contributed by atoms with Gasteiger partial charge >= 0.3 is 12.0 Å². The lowest BCUT2D eigenvalue weighted by Crippen LogP contribution is -2.50. The fourth-order valence-electron chi connectivity index (χ4n) is 3.47. The van der Waals surface area contributed by atoms with Gasteiger partial charge in [0.05, 0.1) is 6.54 Å². The lowest BCUT2D eigenvalue weighted by molar-refractivity contribution is -0.139. The third-order valence-electron chi connectivity index (χ3n) is 5.13. The van der Waals surface area contributed by atoms with Crippen molar-refractivity contribution in [1.29, 1.82) is 0 Å². The number of carbonyl (C=O) groups is 2. The van der Waals surface area contributed by atoms with Crippen molar-refractivity contribution in [3.63, 3.8) is 0 Å². The van der Waals surface area contributed by atoms with Crippen LogP contribution in [0.15, 0.2) is 24.3 Å². The summed E-state index contributed by atoms with van der Waals surface area (Å²) < 4.78 is 0. The van der Waals surface area contributed by atoms with E-state index in [9.17, 15) is 9.59 Å². The monoisotopic (exact) mass is 361 g/mol. The van der Waals surface area contributed by atoms with Gasteiger partial charge in [-0.3, -0.25) is 9.69 Å². The number of carboxylic acid groups (broad SMARTS) is 1. The summed E-state index contributed by atoms with van der Waals surface area (Å²) in [6.07, 6.45) is 3.52. The molecule has 1 aliphatic heterocycles. The van der Waals surface area contributed by atoms with Gasteiger partial charge in [0.2, 0.25) is 0 Å². The number of urea groups is 1. The van der Waals surface area contributed by atoms with Crippen LogP contribution >= 0.6 is 0 Å². The van der Waals surface area contributed by atoms with Crippen LogP contribution in [0.25, 0.3) is 0 Å². The Labute approximate surface area is 156 Å². The first-order chi connectivity index (χ1) is 12.5. The van der Waals surface area contributed by atoms with Crippen LogP contribution in [0.2, 0.25) is 0 Å². The molecule has 1 aromatic carbocycles. The first-order valence-electron chi connectivity index (χ1n) is 9.59. The Morgan fingerprint density at radius 3 is 2.31 bits per heavy atom. The second-order valence-electron chi connectivity index (χ2n) is 6.83. The highest BCUT2D eigenvalue weighted by Crippen LogP contribution is 2.16. The SMILES string of the molecule is CCc1ccc(CCNC(=O)N2CCC(N(CC)CC(=O)O)CC2)cc1. The molecule has 2 amide bonds. The third kappa shape index (κ3) is 6.02. The minimum Gasteiger partial charge on any atom is -0.480 e. The zero-order chi connectivity index (χ0) is 18.9. The van der Waals surface area contributed by atoms with E-state index in [4.69, 9.17) is 5.11 Å². The van der Waals surface area contributed by atoms with E-state index in [1.807, 2.05) is 16.7 Å². The molecule has 0 saturated carbocycles. The van der Waals surface area contributed by atoms with Crippen LogP contribution in [-0.4, -0.2) is 65.7 Å². The lowest BCUT2D eigenvalue weighted by atomic mass is 10.0. The summed E-state index contributed by atoms with van der Waals surface area (Å²) in [4.78, 5) is 27.1.